The van der Waals surface area contributed by atoms with Gasteiger partial charge in [0, 0.05) is 48.1 Å². The maximum Gasteiger partial charge on any atom is 0.258 e. The van der Waals surface area contributed by atoms with Gasteiger partial charge in [-0.3, -0.25) is 9.59 Å². The first-order valence-electron chi connectivity index (χ1n) is 11.0. The van der Waals surface area contributed by atoms with Crippen molar-refractivity contribution in [2.75, 3.05) is 38.7 Å². The summed E-state index contributed by atoms with van der Waals surface area (Å²) >= 11 is 1.07. The third-order valence-corrected chi connectivity index (χ3v) is 7.14. The largest absolute Gasteiger partial charge is 0.549 e. The number of likely N-dealkylation sites (tertiary alicyclic amines) is 1. The van der Waals surface area contributed by atoms with E-state index in [2.05, 4.69) is 26.2 Å². The first-order valence-corrected chi connectivity index (χ1v) is 12.2. The van der Waals surface area contributed by atoms with Gasteiger partial charge in [0.15, 0.2) is 0 Å². The molecule has 0 aliphatic carbocycles. The van der Waals surface area contributed by atoms with Gasteiger partial charge in [0.25, 0.3) is 5.56 Å². The van der Waals surface area contributed by atoms with Gasteiger partial charge in [0.2, 0.25) is 5.91 Å². The molecule has 2 aliphatic rings. The van der Waals surface area contributed by atoms with Crippen LogP contribution in [0.2, 0.25) is 0 Å². The number of nitrogens with one attached hydrogen (secondary N) is 1. The standard InChI is InChI=1S/C24H29N3O4S/c1-25(2)12-17-5-3-4-6-19(17)20-7-8-21-18-9-16(11-27(21)24(20)31)10-26(13-18)22(28)14-32-15-23(29)30/h3-8,16,18H,9-15H2,1-2H3,(H,29,30)/t16-,18+/m0/s1. The molecule has 170 valence electrons. The van der Waals surface area contributed by atoms with Gasteiger partial charge in [0.05, 0.1) is 25.8 Å². The van der Waals surface area contributed by atoms with E-state index < -0.39 is 5.97 Å². The Bertz CT molecular complexity index is 1080. The lowest BCUT2D eigenvalue weighted by atomic mass is 9.82. The highest BCUT2D eigenvalue weighted by Gasteiger charge is 2.36. The quantitative estimate of drug-likeness (QED) is 0.613. The van der Waals surface area contributed by atoms with Crippen LogP contribution in [0.5, 0.6) is 0 Å². The number of carboxylic acid groups (broad SMARTS) is 1. The SMILES string of the molecule is C[NH+](C)Cc1ccccc1-c1ccc2n(c1=O)C[C@H]1C[C@@H]2CN(C(=O)CSCC(=O)[O-])C1. The predicted octanol–water partition coefficient (Wildman–Crippen LogP) is -0.411. The molecule has 1 aromatic heterocycles. The number of quaternary nitrogens is 1. The monoisotopic (exact) mass is 455 g/mol. The Morgan fingerprint density at radius 2 is 1.84 bits per heavy atom. The van der Waals surface area contributed by atoms with Crippen LogP contribution in [0.15, 0.2) is 41.2 Å². The number of carbonyl (C=O) groups excluding carboxylic acids is 2. The number of rotatable bonds is 7. The fourth-order valence-corrected chi connectivity index (χ4v) is 5.61. The fourth-order valence-electron chi connectivity index (χ4n) is 4.99. The number of fused-ring (bicyclic) bond motifs is 4. The summed E-state index contributed by atoms with van der Waals surface area (Å²) in [5.74, 6) is -0.880. The van der Waals surface area contributed by atoms with Crippen LogP contribution in [-0.4, -0.2) is 60.0 Å². The second-order valence-electron chi connectivity index (χ2n) is 9.09. The molecular weight excluding hydrogens is 426 g/mol. The van der Waals surface area contributed by atoms with E-state index in [1.807, 2.05) is 33.7 Å². The number of carboxylic acids is 1. The van der Waals surface area contributed by atoms with Crippen LogP contribution in [0.4, 0.5) is 0 Å². The van der Waals surface area contributed by atoms with Gasteiger partial charge in [-0.1, -0.05) is 24.3 Å². The third-order valence-electron chi connectivity index (χ3n) is 6.25. The van der Waals surface area contributed by atoms with Crippen molar-refractivity contribution in [2.45, 2.75) is 25.4 Å². The van der Waals surface area contributed by atoms with Gasteiger partial charge in [-0.15, -0.1) is 11.8 Å². The van der Waals surface area contributed by atoms with Crippen molar-refractivity contribution in [1.82, 2.24) is 9.47 Å². The first kappa shape index (κ1) is 22.6. The molecule has 1 aromatic carbocycles. The van der Waals surface area contributed by atoms with E-state index in [1.54, 1.807) is 0 Å². The van der Waals surface area contributed by atoms with Crippen LogP contribution in [-0.2, 0) is 22.7 Å². The van der Waals surface area contributed by atoms with Crippen LogP contribution in [0.1, 0.15) is 23.6 Å². The smallest absolute Gasteiger partial charge is 0.258 e. The summed E-state index contributed by atoms with van der Waals surface area (Å²) in [7, 11) is 4.20. The molecule has 0 radical (unpaired) electrons. The number of aliphatic carboxylic acids is 1. The van der Waals surface area contributed by atoms with Gasteiger partial charge in [-0.25, -0.2) is 0 Å². The summed E-state index contributed by atoms with van der Waals surface area (Å²) in [6.45, 7) is 2.63. The highest BCUT2D eigenvalue weighted by Crippen LogP contribution is 2.36. The van der Waals surface area contributed by atoms with Gasteiger partial charge < -0.3 is 24.3 Å². The Balaban J connectivity index is 1.58. The molecule has 0 spiro atoms. The van der Waals surface area contributed by atoms with Crippen LogP contribution in [0, 0.1) is 5.92 Å². The number of benzene rings is 1. The number of aromatic nitrogens is 1. The average Bonchev–Trinajstić information content (AvgIpc) is 2.74. The molecule has 0 unspecified atom stereocenters. The molecule has 32 heavy (non-hydrogen) atoms. The number of hydrogen-bond acceptors (Lipinski definition) is 5. The lowest BCUT2D eigenvalue weighted by molar-refractivity contribution is -0.872. The molecule has 8 heteroatoms. The topological polar surface area (TPSA) is 86.9 Å². The molecule has 7 nitrogen and oxygen atoms in total. The maximum absolute atomic E-state index is 13.5. The summed E-state index contributed by atoms with van der Waals surface area (Å²) in [5, 5.41) is 10.6. The van der Waals surface area contributed by atoms with Crippen molar-refractivity contribution in [3.8, 4) is 11.1 Å². The molecule has 2 aromatic rings. The fraction of sp³-hybridized carbons (Fsp3) is 0.458. The summed E-state index contributed by atoms with van der Waals surface area (Å²) in [6.07, 6.45) is 0.968. The van der Waals surface area contributed by atoms with Crippen LogP contribution < -0.4 is 15.6 Å². The zero-order valence-corrected chi connectivity index (χ0v) is 19.3. The number of amides is 1. The molecule has 1 amide bonds. The van der Waals surface area contributed by atoms with E-state index in [-0.39, 0.29) is 34.8 Å². The molecule has 3 heterocycles. The van der Waals surface area contributed by atoms with E-state index in [1.165, 1.54) is 4.90 Å². The van der Waals surface area contributed by atoms with E-state index >= 15 is 0 Å². The van der Waals surface area contributed by atoms with Crippen molar-refractivity contribution in [3.05, 3.63) is 58.0 Å². The van der Waals surface area contributed by atoms with Crippen LogP contribution in [0.3, 0.4) is 0 Å². The third kappa shape index (κ3) is 4.76. The predicted molar refractivity (Wildman–Crippen MR) is 122 cm³/mol. The van der Waals surface area contributed by atoms with Crippen LogP contribution in [0.25, 0.3) is 11.1 Å². The highest BCUT2D eigenvalue weighted by molar-refractivity contribution is 8.00. The normalized spacial score (nSPS) is 19.7. The van der Waals surface area contributed by atoms with Gasteiger partial charge in [0.1, 0.15) is 6.54 Å². The lowest BCUT2D eigenvalue weighted by Gasteiger charge is -2.43. The molecule has 1 saturated heterocycles. The van der Waals surface area contributed by atoms with Gasteiger partial charge in [-0.2, -0.15) is 0 Å². The minimum atomic E-state index is -1.16. The Morgan fingerprint density at radius 1 is 1.06 bits per heavy atom. The molecule has 1 fully saturated rings. The number of pyridine rings is 1. The summed E-state index contributed by atoms with van der Waals surface area (Å²) < 4.78 is 1.92. The Hall–Kier alpha value is -2.58. The number of piperidine rings is 1. The Morgan fingerprint density at radius 3 is 2.59 bits per heavy atom. The van der Waals surface area contributed by atoms with Gasteiger partial charge >= 0.3 is 0 Å². The van der Waals surface area contributed by atoms with Crippen molar-refractivity contribution < 1.29 is 19.6 Å². The summed E-state index contributed by atoms with van der Waals surface area (Å²) in [5.41, 5.74) is 3.92. The first-order chi connectivity index (χ1) is 15.3. The van der Waals surface area contributed by atoms with E-state index in [0.717, 1.165) is 47.1 Å². The zero-order valence-electron chi connectivity index (χ0n) is 18.5. The number of hydrogen-bond donors (Lipinski definition) is 1. The molecule has 2 bridgehead atoms. The number of thioether (sulfide) groups is 1. The van der Waals surface area contributed by atoms with E-state index in [9.17, 15) is 19.5 Å². The lowest BCUT2D eigenvalue weighted by Crippen LogP contribution is -3.04. The van der Waals surface area contributed by atoms with Crippen LogP contribution >= 0.6 is 11.8 Å². The summed E-state index contributed by atoms with van der Waals surface area (Å²) in [4.78, 5) is 39.8. The molecule has 2 atom stereocenters. The maximum atomic E-state index is 13.5. The van der Waals surface area contributed by atoms with Crippen molar-refractivity contribution >= 4 is 23.6 Å². The van der Waals surface area contributed by atoms with E-state index in [0.29, 0.717) is 19.6 Å². The Kier molecular flexibility index (Phi) is 6.71. The number of carbonyl (C=O) groups is 2. The molecule has 2 aliphatic heterocycles. The molecule has 1 N–H and O–H groups in total. The van der Waals surface area contributed by atoms with Gasteiger partial charge in [-0.05, 0) is 30.0 Å². The average molecular weight is 456 g/mol. The second-order valence-corrected chi connectivity index (χ2v) is 10.1. The molecule has 0 saturated carbocycles. The molecular formula is C24H29N3O4S. The van der Waals surface area contributed by atoms with Crippen molar-refractivity contribution in [1.29, 1.82) is 0 Å². The minimum Gasteiger partial charge on any atom is -0.549 e. The Labute approximate surface area is 192 Å². The van der Waals surface area contributed by atoms with E-state index in [4.69, 9.17) is 0 Å². The number of nitrogens with zero attached hydrogens (tertiary/aromatic N) is 2. The molecule has 4 rings (SSSR count). The van der Waals surface area contributed by atoms with Crippen molar-refractivity contribution in [2.24, 2.45) is 5.92 Å². The zero-order chi connectivity index (χ0) is 22.8. The highest BCUT2D eigenvalue weighted by atomic mass is 32.2. The second kappa shape index (κ2) is 9.50. The minimum absolute atomic E-state index is 0.0431. The van der Waals surface area contributed by atoms with Crippen molar-refractivity contribution in [3.63, 3.8) is 0 Å². The summed E-state index contributed by atoms with van der Waals surface area (Å²) in [6, 6.07) is 12.1.